The average Bonchev–Trinajstić information content (AvgIpc) is 2.60. The minimum Gasteiger partial charge on any atom is -0.480 e. The fourth-order valence-corrected chi connectivity index (χ4v) is 2.33. The van der Waals surface area contributed by atoms with Crippen molar-refractivity contribution in [3.05, 3.63) is 18.1 Å². The van der Waals surface area contributed by atoms with E-state index in [1.807, 2.05) is 0 Å². The van der Waals surface area contributed by atoms with Gasteiger partial charge in [0, 0.05) is 24.4 Å². The fraction of sp³-hybridized carbons (Fsp3) is 0.636. The van der Waals surface area contributed by atoms with Gasteiger partial charge in [-0.2, -0.15) is 0 Å². The van der Waals surface area contributed by atoms with Gasteiger partial charge in [0.1, 0.15) is 5.69 Å². The molecule has 15 heavy (non-hydrogen) atoms. The van der Waals surface area contributed by atoms with Crippen molar-refractivity contribution in [2.75, 3.05) is 7.11 Å². The summed E-state index contributed by atoms with van der Waals surface area (Å²) in [4.78, 5) is 8.55. The number of ether oxygens (including phenoxy) is 1. The standard InChI is InChI=1S/C11H17N3O/c1-7-8(3-4-9(7)12)10-11(15-2)14-6-5-13-10/h5-9H,3-4,12H2,1-2H3. The minimum atomic E-state index is 0.279. The van der Waals surface area contributed by atoms with Crippen molar-refractivity contribution < 1.29 is 4.74 Å². The van der Waals surface area contributed by atoms with E-state index in [1.165, 1.54) is 0 Å². The van der Waals surface area contributed by atoms with Crippen molar-refractivity contribution >= 4 is 0 Å². The molecule has 1 heterocycles. The largest absolute Gasteiger partial charge is 0.480 e. The Balaban J connectivity index is 2.29. The molecule has 0 bridgehead atoms. The lowest BCUT2D eigenvalue weighted by atomic mass is 9.93. The first-order valence-electron chi connectivity index (χ1n) is 5.34. The Morgan fingerprint density at radius 1 is 1.33 bits per heavy atom. The Hall–Kier alpha value is -1.16. The van der Waals surface area contributed by atoms with Crippen LogP contribution in [-0.4, -0.2) is 23.1 Å². The summed E-state index contributed by atoms with van der Waals surface area (Å²) >= 11 is 0. The molecule has 1 saturated carbocycles. The normalized spacial score (nSPS) is 30.5. The molecule has 0 spiro atoms. The molecular weight excluding hydrogens is 190 g/mol. The molecular formula is C11H17N3O. The summed E-state index contributed by atoms with van der Waals surface area (Å²) in [6, 6.07) is 0.279. The molecule has 1 aromatic rings. The Kier molecular flexibility index (Phi) is 2.86. The summed E-state index contributed by atoms with van der Waals surface area (Å²) in [5.74, 6) is 1.49. The lowest BCUT2D eigenvalue weighted by molar-refractivity contribution is 0.374. The van der Waals surface area contributed by atoms with Crippen molar-refractivity contribution in [1.29, 1.82) is 0 Å². The van der Waals surface area contributed by atoms with Gasteiger partial charge in [-0.25, -0.2) is 4.98 Å². The molecule has 0 amide bonds. The summed E-state index contributed by atoms with van der Waals surface area (Å²) < 4.78 is 5.23. The molecule has 0 aliphatic heterocycles. The van der Waals surface area contributed by atoms with E-state index >= 15 is 0 Å². The van der Waals surface area contributed by atoms with Gasteiger partial charge in [-0.05, 0) is 18.8 Å². The molecule has 2 rings (SSSR count). The molecule has 4 heteroatoms. The van der Waals surface area contributed by atoms with E-state index in [-0.39, 0.29) is 6.04 Å². The van der Waals surface area contributed by atoms with Gasteiger partial charge in [0.25, 0.3) is 0 Å². The Morgan fingerprint density at radius 3 is 2.67 bits per heavy atom. The van der Waals surface area contributed by atoms with Gasteiger partial charge in [0.15, 0.2) is 0 Å². The van der Waals surface area contributed by atoms with Crippen molar-refractivity contribution in [3.63, 3.8) is 0 Å². The highest BCUT2D eigenvalue weighted by atomic mass is 16.5. The van der Waals surface area contributed by atoms with Crippen LogP contribution in [-0.2, 0) is 0 Å². The van der Waals surface area contributed by atoms with Crippen LogP contribution in [0.5, 0.6) is 5.88 Å². The van der Waals surface area contributed by atoms with Gasteiger partial charge in [0.05, 0.1) is 7.11 Å². The van der Waals surface area contributed by atoms with E-state index in [2.05, 4.69) is 16.9 Å². The monoisotopic (exact) mass is 207 g/mol. The predicted molar refractivity (Wildman–Crippen MR) is 57.7 cm³/mol. The van der Waals surface area contributed by atoms with Crippen LogP contribution in [0.15, 0.2) is 12.4 Å². The van der Waals surface area contributed by atoms with E-state index in [0.29, 0.717) is 17.7 Å². The maximum atomic E-state index is 6.01. The van der Waals surface area contributed by atoms with Crippen LogP contribution in [0.1, 0.15) is 31.4 Å². The molecule has 1 aromatic heterocycles. The van der Waals surface area contributed by atoms with E-state index in [0.717, 1.165) is 18.5 Å². The first kappa shape index (κ1) is 10.4. The Bertz CT molecular complexity index is 342. The third-order valence-electron chi connectivity index (χ3n) is 3.36. The van der Waals surface area contributed by atoms with Crippen LogP contribution >= 0.6 is 0 Å². The van der Waals surface area contributed by atoms with Crippen molar-refractivity contribution in [2.24, 2.45) is 11.7 Å². The number of hydrogen-bond acceptors (Lipinski definition) is 4. The molecule has 0 radical (unpaired) electrons. The molecule has 0 aromatic carbocycles. The maximum Gasteiger partial charge on any atom is 0.235 e. The molecule has 4 nitrogen and oxygen atoms in total. The van der Waals surface area contributed by atoms with Crippen LogP contribution in [0.25, 0.3) is 0 Å². The second-order valence-corrected chi connectivity index (χ2v) is 4.16. The third kappa shape index (κ3) is 1.81. The predicted octanol–water partition coefficient (Wildman–Crippen LogP) is 1.33. The molecule has 82 valence electrons. The van der Waals surface area contributed by atoms with Crippen molar-refractivity contribution in [3.8, 4) is 5.88 Å². The van der Waals surface area contributed by atoms with Gasteiger partial charge in [0.2, 0.25) is 5.88 Å². The topological polar surface area (TPSA) is 61.0 Å². The third-order valence-corrected chi connectivity index (χ3v) is 3.36. The summed E-state index contributed by atoms with van der Waals surface area (Å²) in [5, 5.41) is 0. The highest BCUT2D eigenvalue weighted by molar-refractivity contribution is 5.24. The van der Waals surface area contributed by atoms with Crippen LogP contribution < -0.4 is 10.5 Å². The van der Waals surface area contributed by atoms with Gasteiger partial charge in [-0.3, -0.25) is 4.98 Å². The number of nitrogens with zero attached hydrogens (tertiary/aromatic N) is 2. The Morgan fingerprint density at radius 2 is 2.07 bits per heavy atom. The van der Waals surface area contributed by atoms with Crippen molar-refractivity contribution in [1.82, 2.24) is 9.97 Å². The van der Waals surface area contributed by atoms with E-state index in [1.54, 1.807) is 19.5 Å². The maximum absolute atomic E-state index is 6.01. The van der Waals surface area contributed by atoms with Gasteiger partial charge in [-0.15, -0.1) is 0 Å². The van der Waals surface area contributed by atoms with Crippen LogP contribution in [0, 0.1) is 5.92 Å². The average molecular weight is 207 g/mol. The fourth-order valence-electron chi connectivity index (χ4n) is 2.33. The second-order valence-electron chi connectivity index (χ2n) is 4.16. The molecule has 0 saturated heterocycles. The van der Waals surface area contributed by atoms with E-state index in [4.69, 9.17) is 10.5 Å². The number of aromatic nitrogens is 2. The molecule has 3 atom stereocenters. The van der Waals surface area contributed by atoms with Gasteiger partial charge in [-0.1, -0.05) is 6.92 Å². The number of nitrogens with two attached hydrogens (primary N) is 1. The van der Waals surface area contributed by atoms with Crippen LogP contribution in [0.2, 0.25) is 0 Å². The van der Waals surface area contributed by atoms with Crippen LogP contribution in [0.4, 0.5) is 0 Å². The zero-order valence-corrected chi connectivity index (χ0v) is 9.18. The quantitative estimate of drug-likeness (QED) is 0.794. The zero-order valence-electron chi connectivity index (χ0n) is 9.18. The highest BCUT2D eigenvalue weighted by Gasteiger charge is 2.34. The SMILES string of the molecule is COc1nccnc1C1CCC(N)C1C. The smallest absolute Gasteiger partial charge is 0.235 e. The Labute approximate surface area is 89.9 Å². The van der Waals surface area contributed by atoms with E-state index in [9.17, 15) is 0 Å². The molecule has 1 aliphatic rings. The minimum absolute atomic E-state index is 0.279. The zero-order chi connectivity index (χ0) is 10.8. The number of hydrogen-bond donors (Lipinski definition) is 1. The first-order chi connectivity index (χ1) is 7.24. The molecule has 3 unspecified atom stereocenters. The summed E-state index contributed by atoms with van der Waals surface area (Å²) in [5.41, 5.74) is 6.97. The molecule has 1 fully saturated rings. The van der Waals surface area contributed by atoms with Crippen LogP contribution in [0.3, 0.4) is 0 Å². The lowest BCUT2D eigenvalue weighted by Gasteiger charge is -2.18. The highest BCUT2D eigenvalue weighted by Crippen LogP contribution is 2.40. The summed E-state index contributed by atoms with van der Waals surface area (Å²) in [6.07, 6.45) is 5.51. The van der Waals surface area contributed by atoms with Gasteiger partial charge < -0.3 is 10.5 Å². The summed E-state index contributed by atoms with van der Waals surface area (Å²) in [7, 11) is 1.63. The second kappa shape index (κ2) is 4.14. The number of methoxy groups -OCH3 is 1. The van der Waals surface area contributed by atoms with Crippen molar-refractivity contribution in [2.45, 2.75) is 31.7 Å². The molecule has 2 N–H and O–H groups in total. The van der Waals surface area contributed by atoms with E-state index < -0.39 is 0 Å². The summed E-state index contributed by atoms with van der Waals surface area (Å²) in [6.45, 7) is 2.18. The molecule has 1 aliphatic carbocycles. The number of rotatable bonds is 2. The first-order valence-corrected chi connectivity index (χ1v) is 5.34. The van der Waals surface area contributed by atoms with Gasteiger partial charge >= 0.3 is 0 Å². The lowest BCUT2D eigenvalue weighted by Crippen LogP contribution is -2.24.